The van der Waals surface area contributed by atoms with Crippen molar-refractivity contribution >= 4 is 21.6 Å². The van der Waals surface area contributed by atoms with E-state index in [0.717, 1.165) is 12.8 Å². The van der Waals surface area contributed by atoms with Gasteiger partial charge in [-0.15, -0.1) is 0 Å². The van der Waals surface area contributed by atoms with Gasteiger partial charge in [0.2, 0.25) is 10.0 Å². The lowest BCUT2D eigenvalue weighted by atomic mass is 9.95. The van der Waals surface area contributed by atoms with Crippen LogP contribution in [-0.2, 0) is 15.8 Å². The fourth-order valence-electron chi connectivity index (χ4n) is 2.41. The van der Waals surface area contributed by atoms with Crippen LogP contribution in [0.25, 0.3) is 0 Å². The molecule has 1 aliphatic rings. The molecule has 0 bridgehead atoms. The second kappa shape index (κ2) is 6.39. The highest BCUT2D eigenvalue weighted by Gasteiger charge is 2.30. The third kappa shape index (κ3) is 3.91. The lowest BCUT2D eigenvalue weighted by Crippen LogP contribution is -2.43. The van der Waals surface area contributed by atoms with E-state index in [4.69, 9.17) is 11.6 Å². The maximum atomic E-state index is 12.4. The summed E-state index contributed by atoms with van der Waals surface area (Å²) in [5.74, 6) is -0.0640. The van der Waals surface area contributed by atoms with Crippen molar-refractivity contribution < 1.29 is 13.5 Å². The van der Waals surface area contributed by atoms with Crippen LogP contribution in [0.15, 0.2) is 18.3 Å². The minimum absolute atomic E-state index is 0.0156. The molecule has 112 valence electrons. The van der Waals surface area contributed by atoms with Crippen LogP contribution in [0.5, 0.6) is 0 Å². The normalized spacial score (nSPS) is 22.6. The number of nitrogens with zero attached hydrogens (tertiary/aromatic N) is 2. The van der Waals surface area contributed by atoms with Crippen LogP contribution in [0.2, 0.25) is 5.15 Å². The van der Waals surface area contributed by atoms with Crippen LogP contribution in [-0.4, -0.2) is 42.0 Å². The molecule has 1 aromatic rings. The van der Waals surface area contributed by atoms with E-state index in [1.807, 2.05) is 0 Å². The van der Waals surface area contributed by atoms with E-state index >= 15 is 0 Å². The minimum Gasteiger partial charge on any atom is -0.393 e. The first-order valence-corrected chi connectivity index (χ1v) is 8.63. The molecule has 2 atom stereocenters. The van der Waals surface area contributed by atoms with Gasteiger partial charge < -0.3 is 5.11 Å². The van der Waals surface area contributed by atoms with Gasteiger partial charge in [0.25, 0.3) is 0 Å². The summed E-state index contributed by atoms with van der Waals surface area (Å²) >= 11 is 5.69. The number of sulfonamides is 1. The summed E-state index contributed by atoms with van der Waals surface area (Å²) < 4.78 is 26.3. The molecule has 0 saturated carbocycles. The van der Waals surface area contributed by atoms with E-state index < -0.39 is 16.1 Å². The second-order valence-corrected chi connectivity index (χ2v) is 7.60. The molecule has 5 nitrogen and oxygen atoms in total. The summed E-state index contributed by atoms with van der Waals surface area (Å²) in [5, 5.41) is 9.98. The van der Waals surface area contributed by atoms with Crippen molar-refractivity contribution in [2.24, 2.45) is 5.92 Å². The van der Waals surface area contributed by atoms with Gasteiger partial charge in [0.05, 0.1) is 11.9 Å². The highest BCUT2D eigenvalue weighted by molar-refractivity contribution is 7.88. The number of aromatic nitrogens is 1. The molecule has 0 amide bonds. The van der Waals surface area contributed by atoms with Gasteiger partial charge in [0.1, 0.15) is 5.15 Å². The number of hydrogen-bond acceptors (Lipinski definition) is 4. The van der Waals surface area contributed by atoms with Crippen LogP contribution >= 0.6 is 11.6 Å². The van der Waals surface area contributed by atoms with E-state index in [0.29, 0.717) is 23.8 Å². The van der Waals surface area contributed by atoms with E-state index in [1.54, 1.807) is 19.1 Å². The van der Waals surface area contributed by atoms with Crippen LogP contribution in [0.4, 0.5) is 0 Å². The Morgan fingerprint density at radius 2 is 2.30 bits per heavy atom. The van der Waals surface area contributed by atoms with Crippen molar-refractivity contribution in [2.75, 3.05) is 13.1 Å². The smallest absolute Gasteiger partial charge is 0.218 e. The summed E-state index contributed by atoms with van der Waals surface area (Å²) in [5.41, 5.74) is 0.619. The maximum absolute atomic E-state index is 12.4. The average Bonchev–Trinajstić information content (AvgIpc) is 2.41. The molecule has 0 spiro atoms. The number of pyridine rings is 1. The van der Waals surface area contributed by atoms with E-state index in [9.17, 15) is 13.5 Å². The quantitative estimate of drug-likeness (QED) is 0.857. The second-order valence-electron chi connectivity index (χ2n) is 5.25. The Morgan fingerprint density at radius 1 is 1.55 bits per heavy atom. The first-order chi connectivity index (χ1) is 9.38. The lowest BCUT2D eigenvalue weighted by Gasteiger charge is -2.33. The van der Waals surface area contributed by atoms with Crippen molar-refractivity contribution in [1.29, 1.82) is 0 Å². The van der Waals surface area contributed by atoms with Crippen LogP contribution < -0.4 is 0 Å². The van der Waals surface area contributed by atoms with Crippen molar-refractivity contribution in [3.63, 3.8) is 0 Å². The number of piperidine rings is 1. The Balaban J connectivity index is 2.08. The molecule has 0 radical (unpaired) electrons. The zero-order valence-electron chi connectivity index (χ0n) is 11.4. The molecular formula is C13H19ClN2O3S. The molecule has 1 N–H and O–H groups in total. The molecule has 1 aromatic heterocycles. The van der Waals surface area contributed by atoms with Gasteiger partial charge in [-0.25, -0.2) is 17.7 Å². The number of aliphatic hydroxyl groups excluding tert-OH is 1. The van der Waals surface area contributed by atoms with Crippen molar-refractivity contribution in [3.8, 4) is 0 Å². The topological polar surface area (TPSA) is 70.5 Å². The first kappa shape index (κ1) is 15.7. The third-order valence-electron chi connectivity index (χ3n) is 3.63. The molecule has 1 saturated heterocycles. The largest absolute Gasteiger partial charge is 0.393 e. The van der Waals surface area contributed by atoms with Crippen molar-refractivity contribution in [2.45, 2.75) is 31.6 Å². The maximum Gasteiger partial charge on any atom is 0.218 e. The van der Waals surface area contributed by atoms with E-state index in [2.05, 4.69) is 4.98 Å². The Hall–Kier alpha value is -0.690. The van der Waals surface area contributed by atoms with Gasteiger partial charge in [0.15, 0.2) is 0 Å². The zero-order chi connectivity index (χ0) is 14.8. The fourth-order valence-corrected chi connectivity index (χ4v) is 4.13. The fraction of sp³-hybridized carbons (Fsp3) is 0.615. The van der Waals surface area contributed by atoms with Gasteiger partial charge in [0, 0.05) is 19.3 Å². The van der Waals surface area contributed by atoms with Gasteiger partial charge in [-0.3, -0.25) is 0 Å². The molecule has 2 heterocycles. The number of aliphatic hydroxyl groups is 1. The Labute approximate surface area is 124 Å². The zero-order valence-corrected chi connectivity index (χ0v) is 12.9. The molecular weight excluding hydrogens is 300 g/mol. The van der Waals surface area contributed by atoms with Gasteiger partial charge in [-0.2, -0.15) is 0 Å². The van der Waals surface area contributed by atoms with Gasteiger partial charge in [-0.1, -0.05) is 17.7 Å². The number of rotatable bonds is 4. The highest BCUT2D eigenvalue weighted by Crippen LogP contribution is 2.23. The van der Waals surface area contributed by atoms with Crippen molar-refractivity contribution in [1.82, 2.24) is 9.29 Å². The van der Waals surface area contributed by atoms with E-state index in [1.165, 1.54) is 10.5 Å². The van der Waals surface area contributed by atoms with Crippen LogP contribution in [0, 0.1) is 5.92 Å². The molecule has 1 aliphatic heterocycles. The van der Waals surface area contributed by atoms with E-state index in [-0.39, 0.29) is 11.7 Å². The third-order valence-corrected chi connectivity index (χ3v) is 5.67. The SMILES string of the molecule is CC(O)C1CCCN(S(=O)(=O)Cc2ccc(Cl)nc2)C1. The van der Waals surface area contributed by atoms with Crippen molar-refractivity contribution in [3.05, 3.63) is 29.0 Å². The Kier molecular flexibility index (Phi) is 5.01. The predicted octanol–water partition coefficient (Wildman–Crippen LogP) is 1.66. The molecule has 0 aliphatic carbocycles. The standard InChI is InChI=1S/C13H19ClN2O3S/c1-10(17)12-3-2-6-16(8-12)20(18,19)9-11-4-5-13(14)15-7-11/h4-5,7,10,12,17H,2-3,6,8-9H2,1H3. The Morgan fingerprint density at radius 3 is 2.90 bits per heavy atom. The molecule has 2 unspecified atom stereocenters. The highest BCUT2D eigenvalue weighted by atomic mass is 35.5. The summed E-state index contributed by atoms with van der Waals surface area (Å²) in [6.45, 7) is 2.62. The summed E-state index contributed by atoms with van der Waals surface area (Å²) in [7, 11) is -3.38. The van der Waals surface area contributed by atoms with Crippen LogP contribution in [0.1, 0.15) is 25.3 Å². The molecule has 2 rings (SSSR count). The summed E-state index contributed by atoms with van der Waals surface area (Å²) in [6.07, 6.45) is 2.65. The summed E-state index contributed by atoms with van der Waals surface area (Å²) in [4.78, 5) is 3.89. The predicted molar refractivity (Wildman–Crippen MR) is 77.8 cm³/mol. The number of halogens is 1. The summed E-state index contributed by atoms with van der Waals surface area (Å²) in [6, 6.07) is 3.25. The van der Waals surface area contributed by atoms with Crippen LogP contribution in [0.3, 0.4) is 0 Å². The first-order valence-electron chi connectivity index (χ1n) is 6.65. The molecule has 7 heteroatoms. The average molecular weight is 319 g/mol. The lowest BCUT2D eigenvalue weighted by molar-refractivity contribution is 0.0885. The van der Waals surface area contributed by atoms with Gasteiger partial charge in [-0.05, 0) is 37.3 Å². The van der Waals surface area contributed by atoms with Gasteiger partial charge >= 0.3 is 0 Å². The molecule has 20 heavy (non-hydrogen) atoms. The molecule has 0 aromatic carbocycles. The molecule has 1 fully saturated rings. The monoisotopic (exact) mass is 318 g/mol. The number of hydrogen-bond donors (Lipinski definition) is 1. The minimum atomic E-state index is -3.38. The Bertz CT molecular complexity index is 545.